The van der Waals surface area contributed by atoms with Gasteiger partial charge in [0.15, 0.2) is 0 Å². The Morgan fingerprint density at radius 1 is 0.700 bits per heavy atom. The first kappa shape index (κ1) is 32.2. The zero-order valence-corrected chi connectivity index (χ0v) is 21.8. The Bertz CT molecular complexity index is 493. The number of hydrogen-bond acceptors (Lipinski definition) is 6. The van der Waals surface area contributed by atoms with Gasteiger partial charge in [0.2, 0.25) is 0 Å². The van der Waals surface area contributed by atoms with Crippen LogP contribution >= 0.6 is 15.2 Å². The Morgan fingerprint density at radius 2 is 1.00 bits per heavy atom. The summed E-state index contributed by atoms with van der Waals surface area (Å²) in [6, 6.07) is 0. The maximum Gasteiger partial charge on any atom is 0.330 e. The van der Waals surface area contributed by atoms with E-state index in [1.54, 1.807) is 0 Å². The number of nitrogens with zero attached hydrogens (tertiary/aromatic N) is 1. The van der Waals surface area contributed by atoms with Crippen LogP contribution in [0.25, 0.3) is 0 Å². The Labute approximate surface area is 190 Å². The number of rotatable bonds is 20. The molecule has 0 fully saturated rings. The highest BCUT2D eigenvalue weighted by molar-refractivity contribution is 7.54. The summed E-state index contributed by atoms with van der Waals surface area (Å²) >= 11 is 0. The zero-order chi connectivity index (χ0) is 22.2. The molecule has 0 saturated heterocycles. The van der Waals surface area contributed by atoms with Crippen molar-refractivity contribution in [1.29, 1.82) is 0 Å². The van der Waals surface area contributed by atoms with Gasteiger partial charge in [-0.3, -0.25) is 9.13 Å². The van der Waals surface area contributed by atoms with Gasteiger partial charge in [0.1, 0.15) is 0 Å². The Kier molecular flexibility index (Phi) is 18.9. The Balaban J connectivity index is 0. The van der Waals surface area contributed by atoms with Gasteiger partial charge in [-0.1, -0.05) is 13.2 Å². The maximum atomic E-state index is 12.7. The molecule has 0 bridgehead atoms. The van der Waals surface area contributed by atoms with E-state index in [-0.39, 0.29) is 12.4 Å². The molecular formula is C20H42ClNO6P2. The van der Waals surface area contributed by atoms with E-state index in [0.29, 0.717) is 56.1 Å². The van der Waals surface area contributed by atoms with E-state index in [0.717, 1.165) is 26.2 Å². The minimum absolute atomic E-state index is 0. The lowest BCUT2D eigenvalue weighted by atomic mass is 10.2. The molecule has 0 atom stereocenters. The lowest BCUT2D eigenvalue weighted by Crippen LogP contribution is -3.00. The molecule has 0 radical (unpaired) electrons. The van der Waals surface area contributed by atoms with E-state index in [9.17, 15) is 9.13 Å². The average molecular weight is 490 g/mol. The highest BCUT2D eigenvalue weighted by atomic mass is 35.5. The normalized spacial score (nSPS) is 12.4. The van der Waals surface area contributed by atoms with Crippen LogP contribution in [0, 0.1) is 0 Å². The molecule has 0 aromatic carbocycles. The van der Waals surface area contributed by atoms with Gasteiger partial charge in [0.05, 0.1) is 64.9 Å². The minimum Gasteiger partial charge on any atom is -1.00 e. The van der Waals surface area contributed by atoms with Crippen LogP contribution in [0.4, 0.5) is 0 Å². The summed E-state index contributed by atoms with van der Waals surface area (Å²) in [4.78, 5) is 0. The third-order valence-corrected chi connectivity index (χ3v) is 8.80. The molecule has 0 unspecified atom stereocenters. The van der Waals surface area contributed by atoms with Crippen LogP contribution < -0.4 is 12.4 Å². The summed E-state index contributed by atoms with van der Waals surface area (Å²) in [5.41, 5.74) is 0. The van der Waals surface area contributed by atoms with E-state index < -0.39 is 15.2 Å². The van der Waals surface area contributed by atoms with Gasteiger partial charge in [0, 0.05) is 12.8 Å². The molecule has 0 saturated carbocycles. The molecule has 0 rings (SSSR count). The van der Waals surface area contributed by atoms with Crippen molar-refractivity contribution in [2.24, 2.45) is 0 Å². The fourth-order valence-corrected chi connectivity index (χ4v) is 6.71. The van der Waals surface area contributed by atoms with Crippen LogP contribution in [0.3, 0.4) is 0 Å². The fraction of sp³-hybridized carbons (Fsp3) is 0.800. The summed E-state index contributed by atoms with van der Waals surface area (Å²) in [7, 11) is -6.12. The van der Waals surface area contributed by atoms with E-state index in [1.165, 1.54) is 0 Å². The highest BCUT2D eigenvalue weighted by Crippen LogP contribution is 2.49. The molecule has 0 aliphatic heterocycles. The molecule has 0 aromatic heterocycles. The van der Waals surface area contributed by atoms with Crippen molar-refractivity contribution in [2.45, 2.75) is 40.5 Å². The first-order valence-corrected chi connectivity index (χ1v) is 14.1. The third kappa shape index (κ3) is 12.8. The standard InChI is InChI=1S/C20H42NO6P2.ClH/c1-7-15-21(16-8-2,17-13-19-28(22,24-9-3)25-10-4)18-14-20-29(23,26-11-5)27-12-6;/h7-8H,1-2,9-20H2,3-6H3;1H/q+1;/p-1. The van der Waals surface area contributed by atoms with Gasteiger partial charge in [-0.25, -0.2) is 0 Å². The van der Waals surface area contributed by atoms with Crippen LogP contribution in [0.5, 0.6) is 0 Å². The Hall–Kier alpha value is 0.0300. The lowest BCUT2D eigenvalue weighted by Gasteiger charge is -2.37. The largest absolute Gasteiger partial charge is 1.00 e. The fourth-order valence-electron chi connectivity index (χ4n) is 3.42. The number of quaternary nitrogens is 1. The molecule has 0 N–H and O–H groups in total. The van der Waals surface area contributed by atoms with E-state index >= 15 is 0 Å². The molecule has 180 valence electrons. The topological polar surface area (TPSA) is 71.1 Å². The molecular weight excluding hydrogens is 448 g/mol. The van der Waals surface area contributed by atoms with Crippen molar-refractivity contribution in [3.05, 3.63) is 25.3 Å². The van der Waals surface area contributed by atoms with Crippen molar-refractivity contribution in [3.63, 3.8) is 0 Å². The van der Waals surface area contributed by atoms with E-state index in [2.05, 4.69) is 13.2 Å². The molecule has 30 heavy (non-hydrogen) atoms. The number of halogens is 1. The second-order valence-corrected chi connectivity index (χ2v) is 11.1. The molecule has 0 aliphatic carbocycles. The SMILES string of the molecule is C=CC[N+](CC=C)(CCCP(=O)(OCC)OCC)CCCP(=O)(OCC)OCC.[Cl-]. The molecule has 0 heterocycles. The van der Waals surface area contributed by atoms with Crippen LogP contribution in [0.15, 0.2) is 25.3 Å². The summed E-state index contributed by atoms with van der Waals surface area (Å²) in [6.07, 6.45) is 5.90. The molecule has 0 aliphatic rings. The van der Waals surface area contributed by atoms with Crippen LogP contribution in [-0.2, 0) is 27.2 Å². The second-order valence-electron chi connectivity index (χ2n) is 6.78. The number of hydrogen-bond donors (Lipinski definition) is 0. The predicted octanol–water partition coefficient (Wildman–Crippen LogP) is 2.49. The second kappa shape index (κ2) is 17.6. The van der Waals surface area contributed by atoms with Crippen molar-refractivity contribution in [3.8, 4) is 0 Å². The minimum atomic E-state index is -3.06. The smallest absolute Gasteiger partial charge is 0.330 e. The Morgan fingerprint density at radius 3 is 1.23 bits per heavy atom. The first-order valence-electron chi connectivity index (χ1n) is 10.6. The van der Waals surface area contributed by atoms with Gasteiger partial charge >= 0.3 is 15.2 Å². The summed E-state index contributed by atoms with van der Waals surface area (Å²) in [5, 5.41) is 0. The summed E-state index contributed by atoms with van der Waals surface area (Å²) < 4.78 is 47.8. The van der Waals surface area contributed by atoms with Gasteiger partial charge in [-0.05, 0) is 39.8 Å². The van der Waals surface area contributed by atoms with Crippen molar-refractivity contribution in [1.82, 2.24) is 0 Å². The molecule has 0 spiro atoms. The summed E-state index contributed by atoms with van der Waals surface area (Å²) in [5.74, 6) is 0. The van der Waals surface area contributed by atoms with Crippen molar-refractivity contribution >= 4 is 15.2 Å². The molecule has 0 amide bonds. The molecule has 7 nitrogen and oxygen atoms in total. The quantitative estimate of drug-likeness (QED) is 0.149. The van der Waals surface area contributed by atoms with Crippen LogP contribution in [-0.4, -0.2) is 69.4 Å². The highest BCUT2D eigenvalue weighted by Gasteiger charge is 2.30. The van der Waals surface area contributed by atoms with Gasteiger partial charge < -0.3 is 35.0 Å². The van der Waals surface area contributed by atoms with E-state index in [4.69, 9.17) is 18.1 Å². The van der Waals surface area contributed by atoms with Gasteiger partial charge in [-0.2, -0.15) is 0 Å². The van der Waals surface area contributed by atoms with Gasteiger partial charge in [0.25, 0.3) is 0 Å². The zero-order valence-electron chi connectivity index (χ0n) is 19.2. The molecule has 0 aromatic rings. The van der Waals surface area contributed by atoms with Crippen molar-refractivity contribution < 1.29 is 44.1 Å². The van der Waals surface area contributed by atoms with Crippen LogP contribution in [0.1, 0.15) is 40.5 Å². The maximum absolute atomic E-state index is 12.7. The van der Waals surface area contributed by atoms with E-state index in [1.807, 2.05) is 39.8 Å². The predicted molar refractivity (Wildman–Crippen MR) is 121 cm³/mol. The molecule has 10 heteroatoms. The lowest BCUT2D eigenvalue weighted by molar-refractivity contribution is -0.917. The summed E-state index contributed by atoms with van der Waals surface area (Å²) in [6.45, 7) is 19.5. The third-order valence-electron chi connectivity index (χ3n) is 4.46. The average Bonchev–Trinajstić information content (AvgIpc) is 2.63. The van der Waals surface area contributed by atoms with Crippen LogP contribution in [0.2, 0.25) is 0 Å². The first-order chi connectivity index (χ1) is 13.8. The van der Waals surface area contributed by atoms with Crippen molar-refractivity contribution in [2.75, 3.05) is 64.9 Å². The van der Waals surface area contributed by atoms with Gasteiger partial charge in [-0.15, -0.1) is 0 Å². The monoisotopic (exact) mass is 489 g/mol.